The number of nitrogens with zero attached hydrogens (tertiary/aromatic N) is 3. The second-order valence-corrected chi connectivity index (χ2v) is 12.3. The Hall–Kier alpha value is -1.85. The number of sulfone groups is 1. The number of hydrogen-bond acceptors (Lipinski definition) is 8. The van der Waals surface area contributed by atoms with Crippen LogP contribution in [0.25, 0.3) is 10.2 Å². The van der Waals surface area contributed by atoms with Crippen LogP contribution < -0.4 is 9.64 Å². The van der Waals surface area contributed by atoms with Crippen molar-refractivity contribution >= 4 is 66.6 Å². The monoisotopic (exact) mass is 571 g/mol. The molecular formula is C25H34ClN3O4S3. The van der Waals surface area contributed by atoms with E-state index in [1.165, 1.54) is 17.6 Å². The zero-order chi connectivity index (χ0) is 25.4. The van der Waals surface area contributed by atoms with Crippen LogP contribution in [0.4, 0.5) is 5.13 Å². The van der Waals surface area contributed by atoms with Gasteiger partial charge in [0.05, 0.1) is 22.2 Å². The minimum atomic E-state index is -3.31. The van der Waals surface area contributed by atoms with Gasteiger partial charge in [0.25, 0.3) is 0 Å². The molecule has 0 saturated heterocycles. The van der Waals surface area contributed by atoms with Crippen molar-refractivity contribution in [3.63, 3.8) is 0 Å². The first kappa shape index (κ1) is 30.4. The SMILES string of the molecule is CCN(CC)CCN(C(=O)CCCSc1ccc(OC)cc1)c1nc2ccc(S(C)(=O)=O)cc2s1.Cl. The Bertz CT molecular complexity index is 1230. The number of likely N-dealkylation sites (N-methyl/N-ethyl adjacent to an activating group) is 1. The lowest BCUT2D eigenvalue weighted by Gasteiger charge is -2.24. The van der Waals surface area contributed by atoms with Crippen LogP contribution >= 0.6 is 35.5 Å². The lowest BCUT2D eigenvalue weighted by molar-refractivity contribution is -0.118. The predicted octanol–water partition coefficient (Wildman–Crippen LogP) is 5.38. The average Bonchev–Trinajstić information content (AvgIpc) is 3.27. The van der Waals surface area contributed by atoms with Gasteiger partial charge in [0.1, 0.15) is 5.75 Å². The molecule has 0 aliphatic heterocycles. The Labute approximate surface area is 228 Å². The molecule has 0 aliphatic carbocycles. The summed E-state index contributed by atoms with van der Waals surface area (Å²) < 4.78 is 29.9. The summed E-state index contributed by atoms with van der Waals surface area (Å²) in [6.45, 7) is 7.34. The van der Waals surface area contributed by atoms with Crippen LogP contribution in [0, 0.1) is 0 Å². The molecule has 0 fully saturated rings. The molecule has 1 aromatic heterocycles. The molecule has 3 rings (SSSR count). The van der Waals surface area contributed by atoms with Crippen molar-refractivity contribution in [1.29, 1.82) is 0 Å². The highest BCUT2D eigenvalue weighted by molar-refractivity contribution is 7.99. The fourth-order valence-electron chi connectivity index (χ4n) is 3.57. The highest BCUT2D eigenvalue weighted by Crippen LogP contribution is 2.31. The topological polar surface area (TPSA) is 79.8 Å². The highest BCUT2D eigenvalue weighted by Gasteiger charge is 2.21. The van der Waals surface area contributed by atoms with E-state index in [0.717, 1.165) is 47.2 Å². The van der Waals surface area contributed by atoms with Crippen molar-refractivity contribution in [3.05, 3.63) is 42.5 Å². The number of aromatic nitrogens is 1. The fourth-order valence-corrected chi connectivity index (χ4v) is 6.19. The van der Waals surface area contributed by atoms with Crippen molar-refractivity contribution in [3.8, 4) is 5.75 Å². The lowest BCUT2D eigenvalue weighted by Crippen LogP contribution is -2.38. The van der Waals surface area contributed by atoms with E-state index in [2.05, 4.69) is 23.7 Å². The van der Waals surface area contributed by atoms with Crippen LogP contribution in [0.15, 0.2) is 52.3 Å². The summed E-state index contributed by atoms with van der Waals surface area (Å²) in [5.74, 6) is 1.70. The van der Waals surface area contributed by atoms with Crippen LogP contribution in [-0.4, -0.2) is 69.5 Å². The van der Waals surface area contributed by atoms with E-state index in [0.29, 0.717) is 23.6 Å². The molecule has 0 unspecified atom stereocenters. The third-order valence-corrected chi connectivity index (χ3v) is 8.96. The second kappa shape index (κ2) is 14.2. The van der Waals surface area contributed by atoms with E-state index in [9.17, 15) is 13.2 Å². The van der Waals surface area contributed by atoms with Crippen LogP contribution in [0.1, 0.15) is 26.7 Å². The standard InChI is InChI=1S/C25H33N3O4S3.ClH/c1-5-27(6-2)15-16-28(24(29)8-7-17-33-20-11-9-19(32-3)10-12-20)25-26-22-14-13-21(35(4,30)31)18-23(22)34-25;/h9-14,18H,5-8,15-17H2,1-4H3;1H. The number of carbonyl (C=O) groups excluding carboxylic acids is 1. The number of halogens is 1. The molecule has 198 valence electrons. The molecule has 0 bridgehead atoms. The summed E-state index contributed by atoms with van der Waals surface area (Å²) in [4.78, 5) is 23.4. The number of anilines is 1. The Morgan fingerprint density at radius 3 is 2.39 bits per heavy atom. The molecule has 36 heavy (non-hydrogen) atoms. The van der Waals surface area contributed by atoms with E-state index < -0.39 is 9.84 Å². The lowest BCUT2D eigenvalue weighted by atomic mass is 10.3. The van der Waals surface area contributed by atoms with Gasteiger partial charge in [0.2, 0.25) is 5.91 Å². The van der Waals surface area contributed by atoms with Crippen LogP contribution in [0.2, 0.25) is 0 Å². The molecule has 0 atom stereocenters. The van der Waals surface area contributed by atoms with Crippen molar-refractivity contribution < 1.29 is 17.9 Å². The van der Waals surface area contributed by atoms with Crippen molar-refractivity contribution in [2.24, 2.45) is 0 Å². The molecule has 1 heterocycles. The van der Waals surface area contributed by atoms with E-state index in [1.807, 2.05) is 24.3 Å². The molecule has 0 aliphatic rings. The summed E-state index contributed by atoms with van der Waals surface area (Å²) in [5.41, 5.74) is 0.702. The smallest absolute Gasteiger partial charge is 0.228 e. The molecule has 3 aromatic rings. The number of methoxy groups -OCH3 is 1. The van der Waals surface area contributed by atoms with Crippen molar-refractivity contribution in [1.82, 2.24) is 9.88 Å². The van der Waals surface area contributed by atoms with Gasteiger partial charge in [0, 0.05) is 30.7 Å². The Morgan fingerprint density at radius 2 is 1.78 bits per heavy atom. The fraction of sp³-hybridized carbons (Fsp3) is 0.440. The van der Waals surface area contributed by atoms with Gasteiger partial charge in [-0.2, -0.15) is 0 Å². The van der Waals surface area contributed by atoms with Gasteiger partial charge in [-0.15, -0.1) is 24.2 Å². The van der Waals surface area contributed by atoms with Gasteiger partial charge < -0.3 is 9.64 Å². The van der Waals surface area contributed by atoms with E-state index in [-0.39, 0.29) is 23.2 Å². The molecule has 0 N–H and O–H groups in total. The molecule has 2 aromatic carbocycles. The summed E-state index contributed by atoms with van der Waals surface area (Å²) in [5, 5.41) is 0.616. The van der Waals surface area contributed by atoms with Gasteiger partial charge in [-0.05, 0) is 67.7 Å². The van der Waals surface area contributed by atoms with E-state index in [4.69, 9.17) is 4.74 Å². The van der Waals surface area contributed by atoms with Gasteiger partial charge >= 0.3 is 0 Å². The molecule has 11 heteroatoms. The van der Waals surface area contributed by atoms with Crippen LogP contribution in [0.3, 0.4) is 0 Å². The number of thiazole rings is 1. The first-order valence-corrected chi connectivity index (χ1v) is 15.3. The third kappa shape index (κ3) is 8.34. The van der Waals surface area contributed by atoms with E-state index >= 15 is 0 Å². The molecular weight excluding hydrogens is 538 g/mol. The third-order valence-electron chi connectivity index (χ3n) is 5.71. The number of thioether (sulfide) groups is 1. The van der Waals surface area contributed by atoms with Crippen molar-refractivity contribution in [2.75, 3.05) is 50.2 Å². The van der Waals surface area contributed by atoms with Gasteiger partial charge in [-0.3, -0.25) is 9.69 Å². The summed E-state index contributed by atoms with van der Waals surface area (Å²) >= 11 is 3.08. The molecule has 7 nitrogen and oxygen atoms in total. The minimum absolute atomic E-state index is 0. The number of fused-ring (bicyclic) bond motifs is 1. The molecule has 0 spiro atoms. The maximum Gasteiger partial charge on any atom is 0.228 e. The zero-order valence-electron chi connectivity index (χ0n) is 21.1. The Balaban J connectivity index is 0.00000456. The minimum Gasteiger partial charge on any atom is -0.497 e. The summed E-state index contributed by atoms with van der Waals surface area (Å²) in [6.07, 6.45) is 2.37. The average molecular weight is 572 g/mol. The summed E-state index contributed by atoms with van der Waals surface area (Å²) in [6, 6.07) is 12.8. The zero-order valence-corrected chi connectivity index (χ0v) is 24.4. The van der Waals surface area contributed by atoms with E-state index in [1.54, 1.807) is 42.0 Å². The van der Waals surface area contributed by atoms with Crippen LogP contribution in [-0.2, 0) is 14.6 Å². The first-order valence-electron chi connectivity index (χ1n) is 11.6. The number of rotatable bonds is 13. The molecule has 0 saturated carbocycles. The quantitative estimate of drug-likeness (QED) is 0.201. The number of carbonyl (C=O) groups is 1. The highest BCUT2D eigenvalue weighted by atomic mass is 35.5. The number of ether oxygens (including phenoxy) is 1. The molecule has 1 amide bonds. The normalized spacial score (nSPS) is 11.5. The van der Waals surface area contributed by atoms with Gasteiger partial charge in [-0.1, -0.05) is 25.2 Å². The number of hydrogen-bond donors (Lipinski definition) is 0. The molecule has 0 radical (unpaired) electrons. The predicted molar refractivity (Wildman–Crippen MR) is 153 cm³/mol. The number of amides is 1. The van der Waals surface area contributed by atoms with Gasteiger partial charge in [0.15, 0.2) is 15.0 Å². The number of benzene rings is 2. The van der Waals surface area contributed by atoms with Crippen LogP contribution in [0.5, 0.6) is 5.75 Å². The second-order valence-electron chi connectivity index (χ2n) is 8.10. The Kier molecular flexibility index (Phi) is 12.0. The maximum absolute atomic E-state index is 13.3. The largest absolute Gasteiger partial charge is 0.497 e. The van der Waals surface area contributed by atoms with Crippen molar-refractivity contribution in [2.45, 2.75) is 36.5 Å². The summed E-state index contributed by atoms with van der Waals surface area (Å²) in [7, 11) is -1.66. The maximum atomic E-state index is 13.3. The Morgan fingerprint density at radius 1 is 1.08 bits per heavy atom. The van der Waals surface area contributed by atoms with Gasteiger partial charge in [-0.25, -0.2) is 13.4 Å². The first-order chi connectivity index (χ1) is 16.7.